The molecule has 0 spiro atoms. The predicted octanol–water partition coefficient (Wildman–Crippen LogP) is 9.32. The van der Waals surface area contributed by atoms with E-state index in [0.29, 0.717) is 17.5 Å². The van der Waals surface area contributed by atoms with Gasteiger partial charge < -0.3 is 0 Å². The van der Waals surface area contributed by atoms with E-state index in [4.69, 9.17) is 0 Å². The largest absolute Gasteiger partial charge is 0.422 e. The molecule has 0 saturated heterocycles. The highest BCUT2D eigenvalue weighted by molar-refractivity contribution is 5.89. The molecule has 3 aromatic rings. The van der Waals surface area contributed by atoms with Crippen LogP contribution >= 0.6 is 0 Å². The van der Waals surface area contributed by atoms with Crippen LogP contribution in [0.4, 0.5) is 30.7 Å². The molecule has 1 fully saturated rings. The number of alkyl halides is 3. The van der Waals surface area contributed by atoms with Gasteiger partial charge >= 0.3 is 6.18 Å². The number of allylic oxidation sites excluding steroid dienone is 1. The second-order valence-corrected chi connectivity index (χ2v) is 8.92. The standard InChI is InChI=1S/C27H23F7/c1-2-3-4-15-5-7-16(8-6-15)18-12-21(28)24(22(29)13-18)17-9-10-20-19(11-17)14-23(30)25(26(20)31)27(32,33)34/h2,9-16H,1,3-8H2. The Hall–Kier alpha value is -2.83. The molecule has 0 bridgehead atoms. The first-order valence-electron chi connectivity index (χ1n) is 11.2. The van der Waals surface area contributed by atoms with E-state index in [2.05, 4.69) is 6.58 Å². The van der Waals surface area contributed by atoms with E-state index in [1.807, 2.05) is 6.08 Å². The van der Waals surface area contributed by atoms with Gasteiger partial charge in [0, 0.05) is 5.39 Å². The van der Waals surface area contributed by atoms with E-state index in [0.717, 1.165) is 56.7 Å². The van der Waals surface area contributed by atoms with E-state index in [-0.39, 0.29) is 22.4 Å². The lowest BCUT2D eigenvalue weighted by Gasteiger charge is -2.29. The summed E-state index contributed by atoms with van der Waals surface area (Å²) in [5.41, 5.74) is -1.82. The number of benzene rings is 3. The highest BCUT2D eigenvalue weighted by Gasteiger charge is 2.38. The first-order chi connectivity index (χ1) is 16.1. The average molecular weight is 480 g/mol. The molecule has 0 amide bonds. The van der Waals surface area contributed by atoms with E-state index >= 15 is 8.78 Å². The Labute approximate surface area is 193 Å². The molecule has 7 heteroatoms. The maximum absolute atomic E-state index is 15.0. The minimum atomic E-state index is -5.21. The lowest BCUT2D eigenvalue weighted by Crippen LogP contribution is -2.14. The van der Waals surface area contributed by atoms with Gasteiger partial charge in [0.05, 0.1) is 5.56 Å². The molecule has 180 valence electrons. The van der Waals surface area contributed by atoms with Crippen LogP contribution in [-0.2, 0) is 6.18 Å². The maximum Gasteiger partial charge on any atom is 0.422 e. The maximum atomic E-state index is 15.0. The summed E-state index contributed by atoms with van der Waals surface area (Å²) < 4.78 is 97.3. The smallest absolute Gasteiger partial charge is 0.206 e. The Morgan fingerprint density at radius 1 is 0.853 bits per heavy atom. The van der Waals surface area contributed by atoms with Gasteiger partial charge in [-0.25, -0.2) is 17.6 Å². The van der Waals surface area contributed by atoms with Crippen molar-refractivity contribution >= 4 is 10.8 Å². The van der Waals surface area contributed by atoms with Gasteiger partial charge in [0.15, 0.2) is 0 Å². The first-order valence-corrected chi connectivity index (χ1v) is 11.2. The highest BCUT2D eigenvalue weighted by Crippen LogP contribution is 2.41. The fraction of sp³-hybridized carbons (Fsp3) is 0.333. The van der Waals surface area contributed by atoms with Gasteiger partial charge in [0.2, 0.25) is 0 Å². The molecular weight excluding hydrogens is 457 g/mol. The molecule has 0 nitrogen and oxygen atoms in total. The molecule has 0 atom stereocenters. The zero-order valence-corrected chi connectivity index (χ0v) is 18.3. The molecule has 0 N–H and O–H groups in total. The van der Waals surface area contributed by atoms with E-state index in [1.165, 1.54) is 12.1 Å². The van der Waals surface area contributed by atoms with Gasteiger partial charge in [-0.1, -0.05) is 18.2 Å². The Balaban J connectivity index is 1.65. The van der Waals surface area contributed by atoms with Gasteiger partial charge in [-0.3, -0.25) is 0 Å². The van der Waals surface area contributed by atoms with Crippen LogP contribution < -0.4 is 0 Å². The molecule has 1 saturated carbocycles. The summed E-state index contributed by atoms with van der Waals surface area (Å²) >= 11 is 0. The Morgan fingerprint density at radius 2 is 1.50 bits per heavy atom. The number of rotatable bonds is 5. The van der Waals surface area contributed by atoms with Crippen molar-refractivity contribution in [1.29, 1.82) is 0 Å². The second-order valence-electron chi connectivity index (χ2n) is 8.92. The topological polar surface area (TPSA) is 0 Å². The van der Waals surface area contributed by atoms with Gasteiger partial charge in [-0.05, 0) is 91.1 Å². The summed E-state index contributed by atoms with van der Waals surface area (Å²) in [5.74, 6) is -4.56. The summed E-state index contributed by atoms with van der Waals surface area (Å²) in [5, 5.41) is -0.704. The summed E-state index contributed by atoms with van der Waals surface area (Å²) in [6.45, 7) is 3.73. The minimum absolute atomic E-state index is 0.0132. The van der Waals surface area contributed by atoms with Crippen molar-refractivity contribution in [2.45, 2.75) is 50.6 Å². The third-order valence-corrected chi connectivity index (χ3v) is 6.76. The second kappa shape index (κ2) is 9.43. The van der Waals surface area contributed by atoms with Crippen molar-refractivity contribution in [1.82, 2.24) is 0 Å². The molecule has 1 aliphatic carbocycles. The fourth-order valence-corrected chi connectivity index (χ4v) is 4.99. The van der Waals surface area contributed by atoms with E-state index < -0.39 is 40.4 Å². The quantitative estimate of drug-likeness (QED) is 0.252. The molecule has 34 heavy (non-hydrogen) atoms. The van der Waals surface area contributed by atoms with Crippen LogP contribution in [-0.4, -0.2) is 0 Å². The van der Waals surface area contributed by atoms with Crippen LogP contribution in [0.15, 0.2) is 49.1 Å². The molecule has 0 unspecified atom stereocenters. The third kappa shape index (κ3) is 4.70. The number of hydrogen-bond donors (Lipinski definition) is 0. The molecule has 3 aromatic carbocycles. The number of fused-ring (bicyclic) bond motifs is 1. The van der Waals surface area contributed by atoms with Gasteiger partial charge in [0.1, 0.15) is 28.8 Å². The lowest BCUT2D eigenvalue weighted by molar-refractivity contribution is -0.142. The SMILES string of the molecule is C=CCCC1CCC(c2cc(F)c(-c3ccc4c(F)c(C(F)(F)F)c(F)cc4c3)c(F)c2)CC1. The molecule has 1 aliphatic rings. The summed E-state index contributed by atoms with van der Waals surface area (Å²) in [7, 11) is 0. The summed E-state index contributed by atoms with van der Waals surface area (Å²) in [6.07, 6.45) is 2.30. The van der Waals surface area contributed by atoms with Gasteiger partial charge in [-0.15, -0.1) is 6.58 Å². The summed E-state index contributed by atoms with van der Waals surface area (Å²) in [6, 6.07) is 6.30. The molecule has 0 heterocycles. The first kappa shape index (κ1) is 24.3. The Kier molecular flexibility index (Phi) is 6.74. The van der Waals surface area contributed by atoms with Crippen molar-refractivity contribution in [3.8, 4) is 11.1 Å². The van der Waals surface area contributed by atoms with E-state index in [9.17, 15) is 22.0 Å². The van der Waals surface area contributed by atoms with Gasteiger partial charge in [-0.2, -0.15) is 13.2 Å². The van der Waals surface area contributed by atoms with Crippen molar-refractivity contribution < 1.29 is 30.7 Å². The van der Waals surface area contributed by atoms with Crippen LogP contribution in [0.1, 0.15) is 55.6 Å². The molecular formula is C27H23F7. The normalized spacial score (nSPS) is 18.9. The van der Waals surface area contributed by atoms with Crippen molar-refractivity contribution in [2.75, 3.05) is 0 Å². The Morgan fingerprint density at radius 3 is 2.09 bits per heavy atom. The van der Waals surface area contributed by atoms with E-state index in [1.54, 1.807) is 0 Å². The van der Waals surface area contributed by atoms with Crippen LogP contribution in [0.25, 0.3) is 21.9 Å². The van der Waals surface area contributed by atoms with Gasteiger partial charge in [0.25, 0.3) is 0 Å². The molecule has 0 aliphatic heterocycles. The minimum Gasteiger partial charge on any atom is -0.206 e. The van der Waals surface area contributed by atoms with Crippen molar-refractivity contribution in [3.05, 3.63) is 83.4 Å². The average Bonchev–Trinajstić information content (AvgIpc) is 2.76. The van der Waals surface area contributed by atoms with Crippen LogP contribution in [0.2, 0.25) is 0 Å². The van der Waals surface area contributed by atoms with Crippen LogP contribution in [0.3, 0.4) is 0 Å². The predicted molar refractivity (Wildman–Crippen MR) is 118 cm³/mol. The van der Waals surface area contributed by atoms with Crippen LogP contribution in [0.5, 0.6) is 0 Å². The fourth-order valence-electron chi connectivity index (χ4n) is 4.99. The third-order valence-electron chi connectivity index (χ3n) is 6.76. The monoisotopic (exact) mass is 480 g/mol. The highest BCUT2D eigenvalue weighted by atomic mass is 19.4. The number of halogens is 7. The van der Waals surface area contributed by atoms with Crippen molar-refractivity contribution in [2.24, 2.45) is 5.92 Å². The molecule has 0 radical (unpaired) electrons. The zero-order valence-electron chi connectivity index (χ0n) is 18.3. The summed E-state index contributed by atoms with van der Waals surface area (Å²) in [4.78, 5) is 0. The zero-order chi connectivity index (χ0) is 24.6. The lowest BCUT2D eigenvalue weighted by atomic mass is 9.77. The van der Waals surface area contributed by atoms with Crippen LogP contribution in [0, 0.1) is 29.2 Å². The number of hydrogen-bond acceptors (Lipinski definition) is 0. The molecule has 4 rings (SSSR count). The Bertz CT molecular complexity index is 1190. The van der Waals surface area contributed by atoms with Crippen molar-refractivity contribution in [3.63, 3.8) is 0 Å². The molecule has 0 aromatic heterocycles.